The van der Waals surface area contributed by atoms with Gasteiger partial charge in [-0.15, -0.1) is 0 Å². The molecule has 3 heterocycles. The van der Waals surface area contributed by atoms with Crippen LogP contribution in [0, 0.1) is 6.92 Å². The summed E-state index contributed by atoms with van der Waals surface area (Å²) in [5.74, 6) is -1.75. The molecule has 3 N–H and O–H groups in total. The van der Waals surface area contributed by atoms with Crippen LogP contribution in [0.5, 0.6) is 11.5 Å². The van der Waals surface area contributed by atoms with Gasteiger partial charge in [-0.3, -0.25) is 24.2 Å². The number of fused-ring (bicyclic) bond motifs is 6. The first-order valence-electron chi connectivity index (χ1n) is 13.9. The number of esters is 1. The molecule has 1 fully saturated rings. The van der Waals surface area contributed by atoms with Crippen LogP contribution in [0.25, 0.3) is 0 Å². The molecular weight excluding hydrogens is 546 g/mol. The second-order valence-electron chi connectivity index (χ2n) is 11.4. The number of allylic oxidation sites excluding steroid dienone is 2. The number of phenols is 1. The Balaban J connectivity index is 1.64. The van der Waals surface area contributed by atoms with E-state index in [1.165, 1.54) is 35.0 Å². The monoisotopic (exact) mass is 583 g/mol. The zero-order valence-electron chi connectivity index (χ0n) is 24.8. The van der Waals surface area contributed by atoms with Crippen molar-refractivity contribution in [2.75, 3.05) is 27.9 Å². The second-order valence-corrected chi connectivity index (χ2v) is 11.4. The van der Waals surface area contributed by atoms with Crippen LogP contribution in [0.3, 0.4) is 0 Å². The van der Waals surface area contributed by atoms with Gasteiger partial charge in [0.2, 0.25) is 11.7 Å². The number of rotatable bonds is 6. The molecule has 6 atom stereocenters. The lowest BCUT2D eigenvalue weighted by atomic mass is 9.71. The summed E-state index contributed by atoms with van der Waals surface area (Å²) in [7, 11) is 4.66. The van der Waals surface area contributed by atoms with E-state index < -0.39 is 54.1 Å². The molecule has 0 spiro atoms. The Kier molecular flexibility index (Phi) is 7.67. The number of carbonyl (C=O) groups excluding carboxylic acids is 4. The molecule has 1 amide bonds. The number of nitrogens with one attached hydrogen (secondary N) is 1. The molecule has 0 aromatic heterocycles. The number of aliphatic hydroxyl groups is 1. The third kappa shape index (κ3) is 4.40. The molecule has 1 aromatic rings. The molecule has 4 aliphatic rings. The first kappa shape index (κ1) is 29.7. The van der Waals surface area contributed by atoms with Crippen LogP contribution >= 0.6 is 0 Å². The SMILES string of the molecule is COC1=C(C)C(=O)C2=C(C1=O)[C@H](COC(=O)[C@H](C)NC(C)=O)N1[C@@H](O)[C@@H]3Cc4cc(C)c(OC)c(O)c4[C@H]([C@@H]1C2)N3C. The number of phenolic OH excluding ortho intramolecular Hbond substituents is 1. The Morgan fingerprint density at radius 3 is 2.43 bits per heavy atom. The van der Waals surface area contributed by atoms with E-state index in [0.29, 0.717) is 17.7 Å². The van der Waals surface area contributed by atoms with Crippen molar-refractivity contribution in [1.29, 1.82) is 0 Å². The topological polar surface area (TPSA) is 155 Å². The van der Waals surface area contributed by atoms with E-state index in [2.05, 4.69) is 5.32 Å². The highest BCUT2D eigenvalue weighted by Gasteiger charge is 2.57. The maximum atomic E-state index is 13.8. The number of aliphatic hydroxyl groups excluding tert-OH is 1. The summed E-state index contributed by atoms with van der Waals surface area (Å²) >= 11 is 0. The third-order valence-corrected chi connectivity index (χ3v) is 9.05. The Morgan fingerprint density at radius 2 is 1.81 bits per heavy atom. The number of piperazine rings is 1. The van der Waals surface area contributed by atoms with Gasteiger partial charge in [-0.2, -0.15) is 0 Å². The summed E-state index contributed by atoms with van der Waals surface area (Å²) in [5.41, 5.74) is 2.82. The summed E-state index contributed by atoms with van der Waals surface area (Å²) in [6.07, 6.45) is -0.604. The van der Waals surface area contributed by atoms with Crippen molar-refractivity contribution in [2.24, 2.45) is 0 Å². The highest BCUT2D eigenvalue weighted by Crippen LogP contribution is 2.53. The van der Waals surface area contributed by atoms with Crippen molar-refractivity contribution < 1.29 is 43.6 Å². The Hall–Kier alpha value is -3.74. The van der Waals surface area contributed by atoms with Gasteiger partial charge in [-0.05, 0) is 51.8 Å². The third-order valence-electron chi connectivity index (χ3n) is 9.05. The number of likely N-dealkylation sites (N-methyl/N-ethyl adjacent to an activating group) is 1. The molecule has 0 saturated carbocycles. The molecule has 2 bridgehead atoms. The lowest BCUT2D eigenvalue weighted by molar-refractivity contribution is -0.178. The number of hydrogen-bond donors (Lipinski definition) is 3. The van der Waals surface area contributed by atoms with Crippen LogP contribution in [-0.4, -0.2) is 102 Å². The van der Waals surface area contributed by atoms with Gasteiger partial charge in [-0.25, -0.2) is 4.79 Å². The summed E-state index contributed by atoms with van der Waals surface area (Å²) in [6, 6.07) is -1.50. The van der Waals surface area contributed by atoms with Crippen molar-refractivity contribution >= 4 is 23.4 Å². The molecular formula is C30H37N3O9. The minimum Gasteiger partial charge on any atom is -0.504 e. The van der Waals surface area contributed by atoms with Crippen molar-refractivity contribution in [3.8, 4) is 11.5 Å². The fourth-order valence-electron chi connectivity index (χ4n) is 7.23. The molecule has 5 rings (SSSR count). The highest BCUT2D eigenvalue weighted by molar-refractivity contribution is 6.25. The van der Waals surface area contributed by atoms with E-state index in [1.54, 1.807) is 4.90 Å². The molecule has 1 aromatic carbocycles. The van der Waals surface area contributed by atoms with Gasteiger partial charge in [0.15, 0.2) is 23.0 Å². The van der Waals surface area contributed by atoms with E-state index >= 15 is 0 Å². The van der Waals surface area contributed by atoms with Gasteiger partial charge in [0.05, 0.1) is 32.3 Å². The quantitative estimate of drug-likeness (QED) is 0.322. The summed E-state index contributed by atoms with van der Waals surface area (Å²) < 4.78 is 16.5. The van der Waals surface area contributed by atoms with Crippen LogP contribution in [-0.2, 0) is 35.1 Å². The average molecular weight is 584 g/mol. The van der Waals surface area contributed by atoms with Gasteiger partial charge in [0, 0.05) is 35.2 Å². The molecule has 12 nitrogen and oxygen atoms in total. The van der Waals surface area contributed by atoms with E-state index in [1.807, 2.05) is 24.9 Å². The van der Waals surface area contributed by atoms with Crippen molar-refractivity contribution in [3.05, 3.63) is 45.2 Å². The Bertz CT molecular complexity index is 1450. The van der Waals surface area contributed by atoms with Crippen molar-refractivity contribution in [2.45, 2.75) is 77.0 Å². The number of ketones is 2. The Morgan fingerprint density at radius 1 is 1.12 bits per heavy atom. The number of nitrogens with zero attached hydrogens (tertiary/aromatic N) is 2. The minimum absolute atomic E-state index is 0.00480. The van der Waals surface area contributed by atoms with Crippen LogP contribution in [0.2, 0.25) is 0 Å². The molecule has 1 aliphatic carbocycles. The maximum absolute atomic E-state index is 13.8. The van der Waals surface area contributed by atoms with Crippen molar-refractivity contribution in [1.82, 2.24) is 15.1 Å². The smallest absolute Gasteiger partial charge is 0.328 e. The van der Waals surface area contributed by atoms with Gasteiger partial charge in [0.25, 0.3) is 0 Å². The number of carbonyl (C=O) groups is 4. The highest BCUT2D eigenvalue weighted by atomic mass is 16.5. The Labute approximate surface area is 243 Å². The maximum Gasteiger partial charge on any atom is 0.328 e. The van der Waals surface area contributed by atoms with E-state index in [0.717, 1.165) is 11.1 Å². The predicted molar refractivity (Wildman–Crippen MR) is 148 cm³/mol. The standard InChI is InChI=1S/C30H37N3O9/c1-12-8-16-9-19-29(38)33-18(23(32(19)5)21(16)25(36)27(12)40-6)10-17-22(26(37)28(41-7)13(2)24(17)35)20(33)11-42-30(39)14(3)31-15(4)34/h8,14,18-20,23,29,36,38H,9-11H2,1-7H3,(H,31,34)/t14-,18-,19-,20-,23-,29-/m0/s1. The number of aryl methyl sites for hydroxylation is 1. The van der Waals surface area contributed by atoms with Gasteiger partial charge in [-0.1, -0.05) is 6.07 Å². The molecule has 0 unspecified atom stereocenters. The number of aromatic hydroxyl groups is 1. The van der Waals surface area contributed by atoms with Crippen LogP contribution in [0.1, 0.15) is 49.9 Å². The second kappa shape index (κ2) is 10.8. The summed E-state index contributed by atoms with van der Waals surface area (Å²) in [4.78, 5) is 55.5. The largest absolute Gasteiger partial charge is 0.504 e. The number of amides is 1. The molecule has 226 valence electrons. The lowest BCUT2D eigenvalue weighted by Gasteiger charge is -2.60. The van der Waals surface area contributed by atoms with E-state index in [4.69, 9.17) is 14.2 Å². The zero-order valence-corrected chi connectivity index (χ0v) is 24.8. The minimum atomic E-state index is -1.11. The summed E-state index contributed by atoms with van der Waals surface area (Å²) in [6.45, 7) is 5.78. The molecule has 42 heavy (non-hydrogen) atoms. The number of methoxy groups -OCH3 is 2. The van der Waals surface area contributed by atoms with Crippen LogP contribution < -0.4 is 10.1 Å². The normalized spacial score (nSPS) is 28.0. The fourth-order valence-corrected chi connectivity index (χ4v) is 7.23. The lowest BCUT2D eigenvalue weighted by Crippen LogP contribution is -2.71. The van der Waals surface area contributed by atoms with Gasteiger partial charge >= 0.3 is 5.97 Å². The fraction of sp³-hybridized carbons (Fsp3) is 0.533. The van der Waals surface area contributed by atoms with Crippen LogP contribution in [0.15, 0.2) is 28.5 Å². The van der Waals surface area contributed by atoms with Crippen molar-refractivity contribution in [3.63, 3.8) is 0 Å². The number of ether oxygens (including phenoxy) is 3. The first-order valence-corrected chi connectivity index (χ1v) is 13.9. The van der Waals surface area contributed by atoms with Gasteiger partial charge in [0.1, 0.15) is 18.9 Å². The molecule has 3 aliphatic heterocycles. The predicted octanol–water partition coefficient (Wildman–Crippen LogP) is 0.818. The van der Waals surface area contributed by atoms with E-state index in [9.17, 15) is 29.4 Å². The first-order chi connectivity index (χ1) is 19.8. The number of benzene rings is 1. The molecule has 1 saturated heterocycles. The molecule has 0 radical (unpaired) electrons. The number of hydrogen-bond acceptors (Lipinski definition) is 11. The number of Topliss-reactive ketones (excluding diaryl/α,β-unsaturated/α-hetero) is 2. The zero-order chi connectivity index (χ0) is 30.8. The average Bonchev–Trinajstić information content (AvgIpc) is 2.93. The summed E-state index contributed by atoms with van der Waals surface area (Å²) in [5, 5.41) is 25.8. The van der Waals surface area contributed by atoms with E-state index in [-0.39, 0.29) is 47.0 Å². The van der Waals surface area contributed by atoms with Crippen LogP contribution in [0.4, 0.5) is 0 Å². The van der Waals surface area contributed by atoms with Gasteiger partial charge < -0.3 is 29.7 Å². The molecule has 12 heteroatoms.